The largest absolute Gasteiger partial charge is 0.356 e. The summed E-state index contributed by atoms with van der Waals surface area (Å²) in [6, 6.07) is 11.8. The predicted molar refractivity (Wildman–Crippen MR) is 122 cm³/mol. The third kappa shape index (κ3) is 7.28. The molecule has 0 spiro atoms. The summed E-state index contributed by atoms with van der Waals surface area (Å²) in [7, 11) is 4.09. The van der Waals surface area contributed by atoms with Gasteiger partial charge in [0.15, 0.2) is 5.96 Å². The summed E-state index contributed by atoms with van der Waals surface area (Å²) in [4.78, 5) is 12.0. The molecule has 2 aliphatic rings. The molecule has 0 amide bonds. The number of likely N-dealkylation sites (N-methyl/N-ethyl adjacent to an activating group) is 1. The molecule has 0 radical (unpaired) electrons. The second kappa shape index (κ2) is 11.5. The van der Waals surface area contributed by atoms with E-state index in [1.165, 1.54) is 51.1 Å². The lowest BCUT2D eigenvalue weighted by Gasteiger charge is -2.32. The summed E-state index contributed by atoms with van der Waals surface area (Å²) >= 11 is 0. The molecular weight excluding hydrogens is 360 g/mol. The number of nitrogens with zero attached hydrogens (tertiary/aromatic N) is 4. The SMILES string of the molecule is CN=C(NCCCCN1CCN(C)CC1)NC1CC(C)N(Cc2ccccc2)C1. The lowest BCUT2D eigenvalue weighted by Crippen LogP contribution is -2.45. The van der Waals surface area contributed by atoms with E-state index in [4.69, 9.17) is 0 Å². The Hall–Kier alpha value is -1.63. The van der Waals surface area contributed by atoms with E-state index < -0.39 is 0 Å². The molecule has 0 aromatic heterocycles. The summed E-state index contributed by atoms with van der Waals surface area (Å²) in [5.41, 5.74) is 1.39. The van der Waals surface area contributed by atoms with Crippen molar-refractivity contribution in [1.29, 1.82) is 0 Å². The van der Waals surface area contributed by atoms with Crippen molar-refractivity contribution in [1.82, 2.24) is 25.3 Å². The van der Waals surface area contributed by atoms with Crippen LogP contribution in [0, 0.1) is 0 Å². The number of hydrogen-bond donors (Lipinski definition) is 2. The predicted octanol–water partition coefficient (Wildman–Crippen LogP) is 1.84. The minimum atomic E-state index is 0.463. The fourth-order valence-corrected chi connectivity index (χ4v) is 4.37. The molecule has 0 bridgehead atoms. The number of benzene rings is 1. The molecule has 2 aliphatic heterocycles. The number of hydrogen-bond acceptors (Lipinski definition) is 4. The zero-order chi connectivity index (χ0) is 20.5. The van der Waals surface area contributed by atoms with Crippen molar-refractivity contribution in [3.05, 3.63) is 35.9 Å². The number of aliphatic imine (C=N–C) groups is 1. The van der Waals surface area contributed by atoms with Gasteiger partial charge in [-0.2, -0.15) is 0 Å². The molecule has 0 aliphatic carbocycles. The molecular formula is C23H40N6. The van der Waals surface area contributed by atoms with Crippen LogP contribution in [0.4, 0.5) is 0 Å². The second-order valence-electron chi connectivity index (χ2n) is 8.69. The molecule has 6 heteroatoms. The van der Waals surface area contributed by atoms with Crippen molar-refractivity contribution in [2.24, 2.45) is 4.99 Å². The van der Waals surface area contributed by atoms with Crippen LogP contribution < -0.4 is 10.6 Å². The molecule has 162 valence electrons. The monoisotopic (exact) mass is 400 g/mol. The van der Waals surface area contributed by atoms with Gasteiger partial charge in [-0.25, -0.2) is 0 Å². The Morgan fingerprint density at radius 1 is 1.10 bits per heavy atom. The Balaban J connectivity index is 1.31. The Labute approximate surface area is 177 Å². The van der Waals surface area contributed by atoms with Crippen molar-refractivity contribution in [2.45, 2.75) is 44.8 Å². The van der Waals surface area contributed by atoms with Gasteiger partial charge < -0.3 is 20.4 Å². The van der Waals surface area contributed by atoms with Crippen LogP contribution in [0.3, 0.4) is 0 Å². The second-order valence-corrected chi connectivity index (χ2v) is 8.69. The Morgan fingerprint density at radius 3 is 2.59 bits per heavy atom. The number of likely N-dealkylation sites (tertiary alicyclic amines) is 1. The van der Waals surface area contributed by atoms with E-state index in [2.05, 4.69) is 74.6 Å². The zero-order valence-electron chi connectivity index (χ0n) is 18.6. The van der Waals surface area contributed by atoms with E-state index in [1.54, 1.807) is 0 Å². The first-order valence-electron chi connectivity index (χ1n) is 11.3. The van der Waals surface area contributed by atoms with Crippen molar-refractivity contribution in [2.75, 3.05) is 59.9 Å². The first-order valence-corrected chi connectivity index (χ1v) is 11.3. The first kappa shape index (κ1) is 22.1. The maximum atomic E-state index is 4.44. The van der Waals surface area contributed by atoms with Crippen LogP contribution in [-0.4, -0.2) is 92.7 Å². The first-order chi connectivity index (χ1) is 14.1. The number of guanidine groups is 1. The van der Waals surface area contributed by atoms with Gasteiger partial charge >= 0.3 is 0 Å². The van der Waals surface area contributed by atoms with Crippen LogP contribution in [0.5, 0.6) is 0 Å². The maximum Gasteiger partial charge on any atom is 0.191 e. The van der Waals surface area contributed by atoms with Gasteiger partial charge in [0.05, 0.1) is 0 Å². The van der Waals surface area contributed by atoms with E-state index >= 15 is 0 Å². The molecule has 2 unspecified atom stereocenters. The van der Waals surface area contributed by atoms with E-state index in [-0.39, 0.29) is 0 Å². The molecule has 2 heterocycles. The average molecular weight is 401 g/mol. The summed E-state index contributed by atoms with van der Waals surface area (Å²) < 4.78 is 0. The standard InChI is InChI=1S/C23H40N6/c1-20-17-22(19-29(20)18-21-9-5-4-6-10-21)26-23(24-2)25-11-7-8-12-28-15-13-27(3)14-16-28/h4-6,9-10,20,22H,7-8,11-19H2,1-3H3,(H2,24,25,26). The Bertz CT molecular complexity index is 611. The summed E-state index contributed by atoms with van der Waals surface area (Å²) in [5, 5.41) is 7.15. The highest BCUT2D eigenvalue weighted by Crippen LogP contribution is 2.20. The fraction of sp³-hybridized carbons (Fsp3) is 0.696. The van der Waals surface area contributed by atoms with Crippen LogP contribution in [0.25, 0.3) is 0 Å². The lowest BCUT2D eigenvalue weighted by atomic mass is 10.2. The Morgan fingerprint density at radius 2 is 1.86 bits per heavy atom. The van der Waals surface area contributed by atoms with Crippen molar-refractivity contribution < 1.29 is 0 Å². The fourth-order valence-electron chi connectivity index (χ4n) is 4.37. The van der Waals surface area contributed by atoms with Crippen LogP contribution >= 0.6 is 0 Å². The van der Waals surface area contributed by atoms with E-state index in [1.807, 2.05) is 7.05 Å². The van der Waals surface area contributed by atoms with Crippen molar-refractivity contribution in [3.8, 4) is 0 Å². The Kier molecular flexibility index (Phi) is 8.77. The minimum Gasteiger partial charge on any atom is -0.356 e. The molecule has 3 rings (SSSR count). The summed E-state index contributed by atoms with van der Waals surface area (Å²) in [5.74, 6) is 0.948. The topological polar surface area (TPSA) is 46.1 Å². The molecule has 1 aromatic carbocycles. The maximum absolute atomic E-state index is 4.44. The number of unbranched alkanes of at least 4 members (excludes halogenated alkanes) is 1. The summed E-state index contributed by atoms with van der Waals surface area (Å²) in [6.45, 7) is 11.5. The molecule has 2 N–H and O–H groups in total. The smallest absolute Gasteiger partial charge is 0.191 e. The van der Waals surface area contributed by atoms with Gasteiger partial charge in [0.25, 0.3) is 0 Å². The zero-order valence-corrected chi connectivity index (χ0v) is 18.6. The summed E-state index contributed by atoms with van der Waals surface area (Å²) in [6.07, 6.45) is 3.60. The normalized spacial score (nSPS) is 24.7. The third-order valence-electron chi connectivity index (χ3n) is 6.29. The van der Waals surface area contributed by atoms with E-state index in [0.29, 0.717) is 12.1 Å². The molecule has 1 aromatic rings. The molecule has 6 nitrogen and oxygen atoms in total. The van der Waals surface area contributed by atoms with Gasteiger partial charge in [0, 0.05) is 64.9 Å². The molecule has 29 heavy (non-hydrogen) atoms. The van der Waals surface area contributed by atoms with Crippen molar-refractivity contribution >= 4 is 5.96 Å². The highest BCUT2D eigenvalue weighted by Gasteiger charge is 2.29. The van der Waals surface area contributed by atoms with Gasteiger partial charge in [0.2, 0.25) is 0 Å². The van der Waals surface area contributed by atoms with Crippen LogP contribution in [-0.2, 0) is 6.54 Å². The highest BCUT2D eigenvalue weighted by molar-refractivity contribution is 5.80. The van der Waals surface area contributed by atoms with E-state index in [0.717, 1.165) is 32.0 Å². The molecule has 2 saturated heterocycles. The number of nitrogens with one attached hydrogen (secondary N) is 2. The molecule has 2 atom stereocenters. The van der Waals surface area contributed by atoms with Gasteiger partial charge in [0.1, 0.15) is 0 Å². The number of piperazine rings is 1. The highest BCUT2D eigenvalue weighted by atomic mass is 15.3. The quantitative estimate of drug-likeness (QED) is 0.396. The van der Waals surface area contributed by atoms with Gasteiger partial charge in [-0.05, 0) is 45.3 Å². The third-order valence-corrected chi connectivity index (χ3v) is 6.29. The lowest BCUT2D eigenvalue weighted by molar-refractivity contribution is 0.152. The molecule has 2 fully saturated rings. The molecule has 0 saturated carbocycles. The van der Waals surface area contributed by atoms with Crippen LogP contribution in [0.2, 0.25) is 0 Å². The van der Waals surface area contributed by atoms with Gasteiger partial charge in [-0.1, -0.05) is 30.3 Å². The number of rotatable bonds is 8. The van der Waals surface area contributed by atoms with Crippen LogP contribution in [0.1, 0.15) is 31.7 Å². The van der Waals surface area contributed by atoms with Crippen molar-refractivity contribution in [3.63, 3.8) is 0 Å². The van der Waals surface area contributed by atoms with Gasteiger partial charge in [-0.3, -0.25) is 9.89 Å². The van der Waals surface area contributed by atoms with Gasteiger partial charge in [-0.15, -0.1) is 0 Å². The average Bonchev–Trinajstić information content (AvgIpc) is 3.07. The minimum absolute atomic E-state index is 0.463. The van der Waals surface area contributed by atoms with Crippen LogP contribution in [0.15, 0.2) is 35.3 Å². The van der Waals surface area contributed by atoms with E-state index in [9.17, 15) is 0 Å².